The second-order valence-electron chi connectivity index (χ2n) is 2.02. The number of rotatable bonds is 0. The molecule has 0 bridgehead atoms. The lowest BCUT2D eigenvalue weighted by Gasteiger charge is -1.87. The maximum atomic E-state index is 8.00. The number of nitrogen functional groups attached to an aromatic ring is 1. The van der Waals surface area contributed by atoms with Gasteiger partial charge in [0, 0.05) is 0 Å². The van der Waals surface area contributed by atoms with E-state index in [9.17, 15) is 0 Å². The highest BCUT2D eigenvalue weighted by atomic mass is 16.1. The Kier molecular flexibility index (Phi) is 2.37. The third kappa shape index (κ3) is 1.24. The van der Waals surface area contributed by atoms with Gasteiger partial charge < -0.3 is 10.6 Å². The van der Waals surface area contributed by atoms with Crippen molar-refractivity contribution in [1.82, 2.24) is 15.1 Å². The van der Waals surface area contributed by atoms with Crippen LogP contribution in [0.4, 0.5) is 0 Å². The van der Waals surface area contributed by atoms with Crippen LogP contribution in [-0.4, -0.2) is 21.9 Å². The summed E-state index contributed by atoms with van der Waals surface area (Å²) in [6.45, 7) is 2.00. The predicted octanol–water partition coefficient (Wildman–Crippen LogP) is -0.0398. The van der Waals surface area contributed by atoms with Crippen molar-refractivity contribution in [2.45, 2.75) is 0 Å². The van der Waals surface area contributed by atoms with Gasteiger partial charge in [0.1, 0.15) is 17.8 Å². The van der Waals surface area contributed by atoms with Crippen molar-refractivity contribution in [3.8, 4) is 0 Å². The molecule has 2 N–H and O–H groups in total. The number of hydrogen-bond donors (Lipinski definition) is 1. The molecule has 0 saturated heterocycles. The molecule has 0 unspecified atom stereocenters. The minimum absolute atomic E-state index is 0.824. The summed E-state index contributed by atoms with van der Waals surface area (Å²) in [4.78, 5) is 9.26. The molecule has 1 heterocycles. The van der Waals surface area contributed by atoms with Crippen molar-refractivity contribution < 1.29 is 4.79 Å². The molecule has 0 radical (unpaired) electrons. The van der Waals surface area contributed by atoms with Gasteiger partial charge in [0.25, 0.3) is 0 Å². The molecule has 62 valence electrons. The first-order chi connectivity index (χ1) is 5.88. The van der Waals surface area contributed by atoms with Gasteiger partial charge >= 0.3 is 0 Å². The molecule has 0 amide bonds. The van der Waals surface area contributed by atoms with Crippen molar-refractivity contribution in [2.24, 2.45) is 0 Å². The number of carbonyl (C=O) groups excluding carboxylic acids is 1. The topological polar surface area (TPSA) is 73.8 Å². The summed E-state index contributed by atoms with van der Waals surface area (Å²) in [5.41, 5.74) is 1.67. The molecule has 0 aliphatic carbocycles. The van der Waals surface area contributed by atoms with E-state index in [1.54, 1.807) is 0 Å². The van der Waals surface area contributed by atoms with E-state index in [4.69, 9.17) is 10.6 Å². The largest absolute Gasteiger partial charge is 0.321 e. The Bertz CT molecular complexity index is 370. The lowest BCUT2D eigenvalue weighted by molar-refractivity contribution is -0.0979. The van der Waals surface area contributed by atoms with Crippen LogP contribution in [0.15, 0.2) is 24.3 Å². The molecule has 1 aromatic heterocycles. The molecule has 5 nitrogen and oxygen atoms in total. The van der Waals surface area contributed by atoms with E-state index in [1.165, 1.54) is 4.79 Å². The zero-order valence-electron chi connectivity index (χ0n) is 6.34. The summed E-state index contributed by atoms with van der Waals surface area (Å²) in [5, 5.41) is 7.45. The number of nitrogens with zero attached hydrogens (tertiary/aromatic N) is 3. The fraction of sp³-hybridized carbons (Fsp3) is 0. The Morgan fingerprint density at radius 2 is 2.00 bits per heavy atom. The van der Waals surface area contributed by atoms with Crippen LogP contribution in [0, 0.1) is 0 Å². The second kappa shape index (κ2) is 3.47. The third-order valence-corrected chi connectivity index (χ3v) is 1.38. The zero-order chi connectivity index (χ0) is 8.97. The first kappa shape index (κ1) is 8.19. The van der Waals surface area contributed by atoms with Gasteiger partial charge in [-0.2, -0.15) is 4.79 Å². The molecule has 2 aromatic rings. The second-order valence-corrected chi connectivity index (χ2v) is 2.02. The maximum absolute atomic E-state index is 8.00. The molecule has 1 aromatic carbocycles. The highest BCUT2D eigenvalue weighted by Gasteiger charge is 1.96. The zero-order valence-corrected chi connectivity index (χ0v) is 6.34. The van der Waals surface area contributed by atoms with Crippen molar-refractivity contribution in [3.05, 3.63) is 24.3 Å². The quantitative estimate of drug-likeness (QED) is 0.554. The SMILES string of the molecule is C=O.Nn1nnc2ccccc21. The summed E-state index contributed by atoms with van der Waals surface area (Å²) in [5.74, 6) is 5.42. The first-order valence-electron chi connectivity index (χ1n) is 3.22. The van der Waals surface area contributed by atoms with Crippen molar-refractivity contribution >= 4 is 17.8 Å². The van der Waals surface area contributed by atoms with Crippen LogP contribution < -0.4 is 5.84 Å². The summed E-state index contributed by atoms with van der Waals surface area (Å²) in [7, 11) is 0. The van der Waals surface area contributed by atoms with Crippen molar-refractivity contribution in [1.29, 1.82) is 0 Å². The molecule has 0 spiro atoms. The Labute approximate surface area is 68.8 Å². The number of carbonyl (C=O) groups is 1. The van der Waals surface area contributed by atoms with Crippen LogP contribution in [0.25, 0.3) is 11.0 Å². The van der Waals surface area contributed by atoms with E-state index in [-0.39, 0.29) is 0 Å². The molecule has 5 heteroatoms. The summed E-state index contributed by atoms with van der Waals surface area (Å²) >= 11 is 0. The van der Waals surface area contributed by atoms with E-state index in [2.05, 4.69) is 10.3 Å². The van der Waals surface area contributed by atoms with Crippen LogP contribution in [0.3, 0.4) is 0 Å². The van der Waals surface area contributed by atoms with Crippen LogP contribution in [0.5, 0.6) is 0 Å². The fourth-order valence-corrected chi connectivity index (χ4v) is 0.887. The summed E-state index contributed by atoms with van der Waals surface area (Å²) < 4.78 is 0. The molecule has 2 rings (SSSR count). The molecule has 0 fully saturated rings. The van der Waals surface area contributed by atoms with E-state index >= 15 is 0 Å². The monoisotopic (exact) mass is 164 g/mol. The van der Waals surface area contributed by atoms with Gasteiger partial charge in [0.2, 0.25) is 0 Å². The van der Waals surface area contributed by atoms with Gasteiger partial charge in [0.05, 0.1) is 0 Å². The number of para-hydroxylation sites is 1. The Hall–Kier alpha value is -1.91. The van der Waals surface area contributed by atoms with E-state index in [1.807, 2.05) is 31.1 Å². The van der Waals surface area contributed by atoms with Gasteiger partial charge in [0.15, 0.2) is 0 Å². The van der Waals surface area contributed by atoms with Crippen LogP contribution in [-0.2, 0) is 4.79 Å². The molecule has 0 saturated carbocycles. The van der Waals surface area contributed by atoms with Gasteiger partial charge in [-0.05, 0) is 17.3 Å². The lowest BCUT2D eigenvalue weighted by atomic mass is 10.3. The summed E-state index contributed by atoms with van der Waals surface area (Å²) in [6.07, 6.45) is 0. The molecule has 0 atom stereocenters. The average molecular weight is 164 g/mol. The number of nitrogens with two attached hydrogens (primary N) is 1. The highest BCUT2D eigenvalue weighted by Crippen LogP contribution is 2.05. The third-order valence-electron chi connectivity index (χ3n) is 1.38. The Morgan fingerprint density at radius 3 is 2.67 bits per heavy atom. The lowest BCUT2D eigenvalue weighted by Crippen LogP contribution is -2.09. The van der Waals surface area contributed by atoms with Crippen molar-refractivity contribution in [2.75, 3.05) is 5.84 Å². The number of hydrogen-bond acceptors (Lipinski definition) is 4. The van der Waals surface area contributed by atoms with E-state index < -0.39 is 0 Å². The van der Waals surface area contributed by atoms with Gasteiger partial charge in [-0.1, -0.05) is 12.1 Å². The predicted molar refractivity (Wildman–Crippen MR) is 44.8 cm³/mol. The number of benzene rings is 1. The van der Waals surface area contributed by atoms with Gasteiger partial charge in [-0.25, -0.2) is 0 Å². The van der Waals surface area contributed by atoms with E-state index in [0.29, 0.717) is 0 Å². The van der Waals surface area contributed by atoms with Gasteiger partial charge in [-0.15, -0.1) is 5.10 Å². The number of fused-ring (bicyclic) bond motifs is 1. The van der Waals surface area contributed by atoms with Crippen LogP contribution in [0.2, 0.25) is 0 Å². The fourth-order valence-electron chi connectivity index (χ4n) is 0.887. The standard InChI is InChI=1S/C6H6N4.CH2O/c7-10-6-4-2-1-3-5(6)8-9-10;1-2/h1-4H,7H2;1H2. The van der Waals surface area contributed by atoms with Crippen LogP contribution >= 0.6 is 0 Å². The molecular formula is C7H8N4O. The van der Waals surface area contributed by atoms with Crippen molar-refractivity contribution in [3.63, 3.8) is 0 Å². The molecule has 0 aliphatic heterocycles. The average Bonchev–Trinajstić information content (AvgIpc) is 2.53. The highest BCUT2D eigenvalue weighted by molar-refractivity contribution is 5.73. The Balaban J connectivity index is 0.000000336. The van der Waals surface area contributed by atoms with Gasteiger partial charge in [-0.3, -0.25) is 0 Å². The minimum atomic E-state index is 0.824. The Morgan fingerprint density at radius 1 is 1.33 bits per heavy atom. The smallest absolute Gasteiger partial charge is 0.115 e. The van der Waals surface area contributed by atoms with E-state index in [0.717, 1.165) is 11.0 Å². The van der Waals surface area contributed by atoms with Crippen LogP contribution in [0.1, 0.15) is 0 Å². The molecular weight excluding hydrogens is 156 g/mol. The maximum Gasteiger partial charge on any atom is 0.115 e. The summed E-state index contributed by atoms with van der Waals surface area (Å²) in [6, 6.07) is 7.53. The molecule has 0 aliphatic rings. The normalized spacial score (nSPS) is 9.00. The molecule has 12 heavy (non-hydrogen) atoms. The number of aromatic nitrogens is 3. The minimum Gasteiger partial charge on any atom is -0.321 e. The first-order valence-corrected chi connectivity index (χ1v) is 3.22.